The van der Waals surface area contributed by atoms with Crippen molar-refractivity contribution in [3.8, 4) is 23.0 Å². The van der Waals surface area contributed by atoms with E-state index in [1.54, 1.807) is 36.4 Å². The quantitative estimate of drug-likeness (QED) is 0.0580. The number of aryl methyl sites for hydroxylation is 2. The predicted octanol–water partition coefficient (Wildman–Crippen LogP) is 5.94. The number of esters is 8. The van der Waals surface area contributed by atoms with Gasteiger partial charge in [0, 0.05) is 67.5 Å². The molecule has 4 aromatic carbocycles. The lowest BCUT2D eigenvalue weighted by Crippen LogP contribution is -2.63. The van der Waals surface area contributed by atoms with Crippen molar-refractivity contribution in [3.05, 3.63) is 119 Å². The van der Waals surface area contributed by atoms with E-state index in [-0.39, 0.29) is 24.7 Å². The molecule has 2 saturated heterocycles. The molecule has 0 N–H and O–H groups in total. The average Bonchev–Trinajstić information content (AvgIpc) is 3.40. The fourth-order valence-electron chi connectivity index (χ4n) is 8.67. The van der Waals surface area contributed by atoms with Gasteiger partial charge in [-0.2, -0.15) is 0 Å². The summed E-state index contributed by atoms with van der Waals surface area (Å²) in [6.45, 7) is 8.53. The highest BCUT2D eigenvalue weighted by Gasteiger charge is 2.55. The maximum atomic E-state index is 12.5. The first-order valence-electron chi connectivity index (χ1n) is 25.3. The second-order valence-electron chi connectivity index (χ2n) is 18.3. The van der Waals surface area contributed by atoms with E-state index in [2.05, 4.69) is 0 Å². The van der Waals surface area contributed by atoms with Crippen LogP contribution in [0.5, 0.6) is 23.0 Å². The Hall–Kier alpha value is -8.24. The number of hydrogen-bond acceptors (Lipinski definition) is 22. The molecule has 22 nitrogen and oxygen atoms in total. The molecule has 2 aliphatic rings. The van der Waals surface area contributed by atoms with Crippen LogP contribution in [0.4, 0.5) is 0 Å². The first kappa shape index (κ1) is 60.0. The zero-order valence-electron chi connectivity index (χ0n) is 44.9. The summed E-state index contributed by atoms with van der Waals surface area (Å²) in [5.74, 6) is -4.88. The molecule has 0 amide bonds. The summed E-state index contributed by atoms with van der Waals surface area (Å²) >= 11 is 0. The summed E-state index contributed by atoms with van der Waals surface area (Å²) in [5.41, 5.74) is 3.26. The molecule has 10 atom stereocenters. The monoisotopic (exact) mass is 1100 g/mol. The van der Waals surface area contributed by atoms with Crippen molar-refractivity contribution in [1.82, 2.24) is 0 Å². The van der Waals surface area contributed by atoms with Crippen molar-refractivity contribution in [2.24, 2.45) is 0 Å². The van der Waals surface area contributed by atoms with E-state index in [4.69, 9.17) is 66.3 Å². The Balaban J connectivity index is 1.30. The lowest BCUT2D eigenvalue weighted by Gasteiger charge is -2.43. The van der Waals surface area contributed by atoms with Gasteiger partial charge in [0.1, 0.15) is 61.6 Å². The molecule has 0 aliphatic carbocycles. The summed E-state index contributed by atoms with van der Waals surface area (Å²) < 4.78 is 81.8. The van der Waals surface area contributed by atoms with Crippen LogP contribution in [-0.2, 0) is 112 Å². The molecule has 2 heterocycles. The van der Waals surface area contributed by atoms with Crippen LogP contribution >= 0.6 is 0 Å². The van der Waals surface area contributed by atoms with Crippen LogP contribution in [0.15, 0.2) is 97.1 Å². The van der Waals surface area contributed by atoms with Gasteiger partial charge in [0.2, 0.25) is 24.8 Å². The Bertz CT molecular complexity index is 2560. The van der Waals surface area contributed by atoms with E-state index >= 15 is 0 Å². The summed E-state index contributed by atoms with van der Waals surface area (Å²) in [6, 6.07) is 29.0. The minimum atomic E-state index is -1.50. The molecule has 2 unspecified atom stereocenters. The maximum Gasteiger partial charge on any atom is 0.303 e. The van der Waals surface area contributed by atoms with Crippen molar-refractivity contribution >= 4 is 47.8 Å². The van der Waals surface area contributed by atoms with E-state index < -0.39 is 122 Å². The summed E-state index contributed by atoms with van der Waals surface area (Å²) in [4.78, 5) is 98.4. The van der Waals surface area contributed by atoms with Gasteiger partial charge >= 0.3 is 47.8 Å². The first-order chi connectivity index (χ1) is 37.7. The van der Waals surface area contributed by atoms with Gasteiger partial charge in [-0.25, -0.2) is 0 Å². The molecule has 2 fully saturated rings. The minimum absolute atomic E-state index is 0.162. The van der Waals surface area contributed by atoms with Crippen molar-refractivity contribution in [1.29, 1.82) is 0 Å². The largest absolute Gasteiger partial charge is 0.488 e. The molecule has 22 heteroatoms. The van der Waals surface area contributed by atoms with Gasteiger partial charge in [-0.15, -0.1) is 0 Å². The van der Waals surface area contributed by atoms with Crippen molar-refractivity contribution in [2.45, 2.75) is 149 Å². The smallest absolute Gasteiger partial charge is 0.303 e. The predicted molar refractivity (Wildman–Crippen MR) is 272 cm³/mol. The van der Waals surface area contributed by atoms with E-state index in [1.165, 1.54) is 13.8 Å². The highest BCUT2D eigenvalue weighted by molar-refractivity contribution is 5.70. The zero-order chi connectivity index (χ0) is 57.2. The summed E-state index contributed by atoms with van der Waals surface area (Å²) in [5, 5.41) is 0. The molecule has 0 radical (unpaired) electrons. The highest BCUT2D eigenvalue weighted by Crippen LogP contribution is 2.36. The van der Waals surface area contributed by atoms with Crippen LogP contribution in [0, 0.1) is 0 Å². The second kappa shape index (κ2) is 28.9. The topological polar surface area (TPSA) is 266 Å². The third-order valence-electron chi connectivity index (χ3n) is 11.8. The maximum absolute atomic E-state index is 12.5. The number of carbonyl (C=O) groups is 8. The fraction of sp³-hybridized carbons (Fsp3) is 0.439. The van der Waals surface area contributed by atoms with E-state index in [1.807, 2.05) is 60.7 Å². The van der Waals surface area contributed by atoms with Gasteiger partial charge in [0.15, 0.2) is 24.4 Å². The number of hydrogen-bond donors (Lipinski definition) is 0. The Morgan fingerprint density at radius 3 is 1.05 bits per heavy atom. The fourth-order valence-corrected chi connectivity index (χ4v) is 8.67. The standard InChI is InChI=1S/C57H64O22/c1-32(58)66-30-48-50(70-34(3)60)52(72-36(5)62)54(74-38(7)64)56(78-48)76-44-24-22-42(46(26-44)68-28-40-16-11-9-12-17-40)20-15-21-43-23-25-45(27-47(43)69-29-41-18-13-10-14-19-41)77-57-55(75-39(8)65)53(73-37(6)63)51(71-35(4)61)49(79-57)31-67-33(2)59/h9-14,16-19,22-27,48-57H,15,20-21,28-31H2,1-8H3/t48-,49-,50-,51-,52+,53+,54-,55-,56?,57?/m1/s1. The lowest BCUT2D eigenvalue weighted by atomic mass is 9.98. The Morgan fingerprint density at radius 1 is 0.392 bits per heavy atom. The van der Waals surface area contributed by atoms with E-state index in [0.717, 1.165) is 63.8 Å². The van der Waals surface area contributed by atoms with Crippen LogP contribution in [0.3, 0.4) is 0 Å². The average molecular weight is 1100 g/mol. The van der Waals surface area contributed by atoms with Gasteiger partial charge in [0.05, 0.1) is 0 Å². The van der Waals surface area contributed by atoms with Crippen LogP contribution in [0.25, 0.3) is 0 Å². The third kappa shape index (κ3) is 18.4. The molecule has 4 aromatic rings. The SMILES string of the molecule is CC(=O)OC[C@H]1OC(Oc2ccc(CCCc3ccc(OC4O[C@H](COC(C)=O)[C@@H](OC(C)=O)[C@H](OC(C)=O)[C@H]4OC(C)=O)cc3OCc3ccccc3)c(OCc3ccccc3)c2)[C@H](OC(C)=O)[C@@H](OC(C)=O)[C@@H]1OC(C)=O. The number of benzene rings is 4. The van der Waals surface area contributed by atoms with Crippen LogP contribution in [0.1, 0.15) is 84.1 Å². The summed E-state index contributed by atoms with van der Waals surface area (Å²) in [6.07, 6.45) is -12.7. The number of rotatable bonds is 24. The van der Waals surface area contributed by atoms with Crippen LogP contribution in [0.2, 0.25) is 0 Å². The molecule has 0 aromatic heterocycles. The molecule has 6 rings (SSSR count). The Kier molecular flexibility index (Phi) is 22.0. The summed E-state index contributed by atoms with van der Waals surface area (Å²) in [7, 11) is 0. The molecular weight excluding hydrogens is 1040 g/mol. The Labute approximate surface area is 456 Å². The molecule has 0 bridgehead atoms. The van der Waals surface area contributed by atoms with Crippen molar-refractivity contribution in [2.75, 3.05) is 13.2 Å². The van der Waals surface area contributed by atoms with Gasteiger partial charge in [-0.3, -0.25) is 38.4 Å². The van der Waals surface area contributed by atoms with Gasteiger partial charge in [-0.1, -0.05) is 72.8 Å². The normalized spacial score (nSPS) is 22.3. The van der Waals surface area contributed by atoms with E-state index in [0.29, 0.717) is 30.8 Å². The molecule has 424 valence electrons. The molecule has 2 aliphatic heterocycles. The van der Waals surface area contributed by atoms with Gasteiger partial charge in [-0.05, 0) is 53.6 Å². The zero-order valence-corrected chi connectivity index (χ0v) is 44.9. The highest BCUT2D eigenvalue weighted by atomic mass is 16.7. The second-order valence-corrected chi connectivity index (χ2v) is 18.3. The minimum Gasteiger partial charge on any atom is -0.488 e. The Morgan fingerprint density at radius 2 is 0.722 bits per heavy atom. The number of carbonyl (C=O) groups excluding carboxylic acids is 8. The molecule has 79 heavy (non-hydrogen) atoms. The first-order valence-corrected chi connectivity index (χ1v) is 25.3. The van der Waals surface area contributed by atoms with Gasteiger partial charge in [0.25, 0.3) is 0 Å². The van der Waals surface area contributed by atoms with Crippen LogP contribution in [-0.4, -0.2) is 122 Å². The molecular formula is C57H64O22. The van der Waals surface area contributed by atoms with Crippen LogP contribution < -0.4 is 18.9 Å². The molecule has 0 saturated carbocycles. The molecule has 0 spiro atoms. The number of ether oxygens (including phenoxy) is 14. The van der Waals surface area contributed by atoms with Crippen molar-refractivity contribution < 1.29 is 105 Å². The van der Waals surface area contributed by atoms with E-state index in [9.17, 15) is 38.4 Å². The lowest BCUT2D eigenvalue weighted by molar-refractivity contribution is -0.288. The van der Waals surface area contributed by atoms with Crippen molar-refractivity contribution in [3.63, 3.8) is 0 Å². The third-order valence-corrected chi connectivity index (χ3v) is 11.8. The van der Waals surface area contributed by atoms with Gasteiger partial charge < -0.3 is 66.3 Å².